The summed E-state index contributed by atoms with van der Waals surface area (Å²) in [5, 5.41) is 6.88. The molecule has 0 aliphatic carbocycles. The van der Waals surface area contributed by atoms with Gasteiger partial charge < -0.3 is 25.0 Å². The zero-order valence-electron chi connectivity index (χ0n) is 16.1. The van der Waals surface area contributed by atoms with Crippen LogP contribution in [0.25, 0.3) is 0 Å². The fraction of sp³-hybridized carbons (Fsp3) is 0.333. The molecule has 0 radical (unpaired) electrons. The molecule has 28 heavy (non-hydrogen) atoms. The van der Waals surface area contributed by atoms with Gasteiger partial charge in [-0.1, -0.05) is 18.2 Å². The number of carbonyl (C=O) groups excluding carboxylic acids is 1. The van der Waals surface area contributed by atoms with E-state index in [1.807, 2.05) is 60.4 Å². The number of amides is 1. The summed E-state index contributed by atoms with van der Waals surface area (Å²) in [5.74, 6) is 1.56. The molecule has 1 amide bonds. The Morgan fingerprint density at radius 2 is 2.00 bits per heavy atom. The van der Waals surface area contributed by atoms with Crippen LogP contribution in [-0.4, -0.2) is 37.3 Å². The number of benzene rings is 2. The minimum absolute atomic E-state index is 0.00625. The van der Waals surface area contributed by atoms with Crippen LogP contribution in [0.3, 0.4) is 0 Å². The first-order valence-corrected chi connectivity index (χ1v) is 9.71. The molecular formula is C21H25N3O3S. The molecular weight excluding hydrogens is 374 g/mol. The van der Waals surface area contributed by atoms with Crippen molar-refractivity contribution in [3.63, 3.8) is 0 Å². The van der Waals surface area contributed by atoms with E-state index < -0.39 is 0 Å². The first-order chi connectivity index (χ1) is 13.6. The molecule has 148 valence electrons. The lowest BCUT2D eigenvalue weighted by Crippen LogP contribution is -2.39. The van der Waals surface area contributed by atoms with Gasteiger partial charge in [-0.05, 0) is 55.9 Å². The van der Waals surface area contributed by atoms with Crippen LogP contribution in [0.4, 0.5) is 11.4 Å². The summed E-state index contributed by atoms with van der Waals surface area (Å²) < 4.78 is 11.1. The van der Waals surface area contributed by atoms with Gasteiger partial charge in [-0.2, -0.15) is 0 Å². The minimum atomic E-state index is -0.00625. The van der Waals surface area contributed by atoms with Gasteiger partial charge in [-0.15, -0.1) is 0 Å². The molecule has 1 unspecified atom stereocenters. The van der Waals surface area contributed by atoms with E-state index in [0.717, 1.165) is 24.3 Å². The van der Waals surface area contributed by atoms with Gasteiger partial charge in [0.1, 0.15) is 6.61 Å². The van der Waals surface area contributed by atoms with Gasteiger partial charge >= 0.3 is 0 Å². The van der Waals surface area contributed by atoms with Gasteiger partial charge in [0, 0.05) is 24.3 Å². The number of thiocarbonyl (C=S) groups is 1. The third kappa shape index (κ3) is 5.13. The Balaban J connectivity index is 1.51. The summed E-state index contributed by atoms with van der Waals surface area (Å²) in [7, 11) is 1.62. The van der Waals surface area contributed by atoms with Crippen molar-refractivity contribution in [1.29, 1.82) is 0 Å². The zero-order valence-corrected chi connectivity index (χ0v) is 16.9. The van der Waals surface area contributed by atoms with E-state index >= 15 is 0 Å². The first kappa shape index (κ1) is 19.9. The second kappa shape index (κ2) is 9.41. The monoisotopic (exact) mass is 399 g/mol. The highest BCUT2D eigenvalue weighted by Gasteiger charge is 2.21. The fourth-order valence-electron chi connectivity index (χ4n) is 3.06. The van der Waals surface area contributed by atoms with Crippen LogP contribution in [0.1, 0.15) is 19.8 Å². The van der Waals surface area contributed by atoms with Crippen LogP contribution >= 0.6 is 12.2 Å². The van der Waals surface area contributed by atoms with E-state index in [1.165, 1.54) is 0 Å². The van der Waals surface area contributed by atoms with Gasteiger partial charge in [0.25, 0.3) is 0 Å². The highest BCUT2D eigenvalue weighted by atomic mass is 32.1. The van der Waals surface area contributed by atoms with Crippen molar-refractivity contribution in [3.8, 4) is 11.5 Å². The second-order valence-electron chi connectivity index (χ2n) is 6.66. The Bertz CT molecular complexity index is 843. The van der Waals surface area contributed by atoms with E-state index in [0.29, 0.717) is 29.6 Å². The number of methoxy groups -OCH3 is 1. The lowest BCUT2D eigenvalue weighted by Gasteiger charge is -2.20. The van der Waals surface area contributed by atoms with Gasteiger partial charge in [0.05, 0.1) is 13.2 Å². The molecule has 1 heterocycles. The lowest BCUT2D eigenvalue weighted by molar-refractivity contribution is -0.117. The number of hydrogen-bond acceptors (Lipinski definition) is 4. The molecule has 7 heteroatoms. The molecule has 1 atom stereocenters. The number of carbonyl (C=O) groups is 1. The molecule has 1 fully saturated rings. The molecule has 2 aromatic rings. The van der Waals surface area contributed by atoms with Crippen molar-refractivity contribution in [2.24, 2.45) is 0 Å². The molecule has 2 aromatic carbocycles. The fourth-order valence-corrected chi connectivity index (χ4v) is 3.38. The molecule has 1 saturated heterocycles. The van der Waals surface area contributed by atoms with Gasteiger partial charge in [0.2, 0.25) is 5.91 Å². The van der Waals surface area contributed by atoms with E-state index in [1.54, 1.807) is 7.11 Å². The highest BCUT2D eigenvalue weighted by molar-refractivity contribution is 7.80. The Morgan fingerprint density at radius 3 is 2.71 bits per heavy atom. The molecule has 3 rings (SSSR count). The maximum absolute atomic E-state index is 11.9. The summed E-state index contributed by atoms with van der Waals surface area (Å²) in [6, 6.07) is 15.2. The van der Waals surface area contributed by atoms with E-state index in [4.69, 9.17) is 21.7 Å². The molecule has 0 aromatic heterocycles. The van der Waals surface area contributed by atoms with Crippen LogP contribution < -0.4 is 25.0 Å². The first-order valence-electron chi connectivity index (χ1n) is 9.30. The predicted octanol–water partition coefficient (Wildman–Crippen LogP) is 3.58. The van der Waals surface area contributed by atoms with Gasteiger partial charge in [-0.3, -0.25) is 4.79 Å². The average Bonchev–Trinajstić information content (AvgIpc) is 3.12. The number of hydrogen-bond donors (Lipinski definition) is 2. The molecule has 0 spiro atoms. The number of nitrogens with one attached hydrogen (secondary N) is 2. The summed E-state index contributed by atoms with van der Waals surface area (Å²) in [6.45, 7) is 3.19. The topological polar surface area (TPSA) is 62.8 Å². The smallest absolute Gasteiger partial charge is 0.227 e. The average molecular weight is 400 g/mol. The molecule has 6 nitrogen and oxygen atoms in total. The largest absolute Gasteiger partial charge is 0.493 e. The number of rotatable bonds is 7. The molecule has 0 saturated carbocycles. The number of nitrogens with zero attached hydrogens (tertiary/aromatic N) is 1. The Labute approximate surface area is 170 Å². The van der Waals surface area contributed by atoms with Crippen molar-refractivity contribution in [1.82, 2.24) is 5.32 Å². The minimum Gasteiger partial charge on any atom is -0.493 e. The standard InChI is InChI=1S/C21H25N3O3S/c1-15(14-27-19-10-4-3-9-18(19)26-2)22-21(28)23-16-7-5-8-17(13-16)24-12-6-11-20(24)25/h3-5,7-10,13,15H,6,11-12,14H2,1-2H3,(H2,22,23,28). The molecule has 1 aliphatic heterocycles. The summed E-state index contributed by atoms with van der Waals surface area (Å²) >= 11 is 5.41. The summed E-state index contributed by atoms with van der Waals surface area (Å²) in [6.07, 6.45) is 1.52. The van der Waals surface area contributed by atoms with Crippen LogP contribution in [0.2, 0.25) is 0 Å². The van der Waals surface area contributed by atoms with Gasteiger partial charge in [0.15, 0.2) is 16.6 Å². The van der Waals surface area contributed by atoms with Crippen molar-refractivity contribution in [2.45, 2.75) is 25.8 Å². The number of anilines is 2. The van der Waals surface area contributed by atoms with Crippen LogP contribution in [-0.2, 0) is 4.79 Å². The van der Waals surface area contributed by atoms with E-state index in [9.17, 15) is 4.79 Å². The van der Waals surface area contributed by atoms with Crippen molar-refractivity contribution in [2.75, 3.05) is 30.5 Å². The highest BCUT2D eigenvalue weighted by Crippen LogP contribution is 2.26. The summed E-state index contributed by atoms with van der Waals surface area (Å²) in [5.41, 5.74) is 1.73. The second-order valence-corrected chi connectivity index (χ2v) is 7.07. The molecule has 1 aliphatic rings. The number of para-hydroxylation sites is 2. The predicted molar refractivity (Wildman–Crippen MR) is 115 cm³/mol. The van der Waals surface area contributed by atoms with Crippen LogP contribution in [0, 0.1) is 0 Å². The van der Waals surface area contributed by atoms with Gasteiger partial charge in [-0.25, -0.2) is 0 Å². The van der Waals surface area contributed by atoms with Crippen molar-refractivity contribution >= 4 is 34.6 Å². The lowest BCUT2D eigenvalue weighted by atomic mass is 10.2. The van der Waals surface area contributed by atoms with Crippen molar-refractivity contribution in [3.05, 3.63) is 48.5 Å². The Kier molecular flexibility index (Phi) is 6.71. The third-order valence-corrected chi connectivity index (χ3v) is 4.64. The van der Waals surface area contributed by atoms with Crippen LogP contribution in [0.15, 0.2) is 48.5 Å². The maximum Gasteiger partial charge on any atom is 0.227 e. The zero-order chi connectivity index (χ0) is 19.9. The quantitative estimate of drug-likeness (QED) is 0.694. The normalized spacial score (nSPS) is 14.5. The number of ether oxygens (including phenoxy) is 2. The Morgan fingerprint density at radius 1 is 1.21 bits per heavy atom. The van der Waals surface area contributed by atoms with E-state index in [-0.39, 0.29) is 11.9 Å². The maximum atomic E-state index is 11.9. The van der Waals surface area contributed by atoms with Crippen molar-refractivity contribution < 1.29 is 14.3 Å². The molecule has 2 N–H and O–H groups in total. The SMILES string of the molecule is COc1ccccc1OCC(C)NC(=S)Nc1cccc(N2CCCC2=O)c1. The summed E-state index contributed by atoms with van der Waals surface area (Å²) in [4.78, 5) is 13.7. The third-order valence-electron chi connectivity index (χ3n) is 4.42. The van der Waals surface area contributed by atoms with Crippen LogP contribution in [0.5, 0.6) is 11.5 Å². The Hall–Kier alpha value is -2.80. The molecule has 0 bridgehead atoms. The van der Waals surface area contributed by atoms with E-state index in [2.05, 4.69) is 10.6 Å².